The highest BCUT2D eigenvalue weighted by Crippen LogP contribution is 2.36. The minimum absolute atomic E-state index is 0.0341. The van der Waals surface area contributed by atoms with E-state index in [9.17, 15) is 23.2 Å². The lowest BCUT2D eigenvalue weighted by Crippen LogP contribution is -2.52. The molecule has 164 valence electrons. The van der Waals surface area contributed by atoms with Crippen LogP contribution >= 0.6 is 0 Å². The normalized spacial score (nSPS) is 21.8. The fourth-order valence-electron chi connectivity index (χ4n) is 4.37. The van der Waals surface area contributed by atoms with Gasteiger partial charge < -0.3 is 14.5 Å². The maximum atomic E-state index is 14.3. The Morgan fingerprint density at radius 2 is 2.00 bits per heavy atom. The van der Waals surface area contributed by atoms with Crippen LogP contribution in [-0.2, 0) is 25.5 Å². The summed E-state index contributed by atoms with van der Waals surface area (Å²) in [6, 6.07) is 3.30. The fraction of sp³-hybridized carbons (Fsp3) is 0.591. The van der Waals surface area contributed by atoms with Gasteiger partial charge in [0.1, 0.15) is 11.6 Å². The molecule has 0 aromatic heterocycles. The molecule has 8 heteroatoms. The zero-order valence-corrected chi connectivity index (χ0v) is 17.3. The number of rotatable bonds is 7. The van der Waals surface area contributed by atoms with Crippen molar-refractivity contribution < 1.29 is 27.9 Å². The van der Waals surface area contributed by atoms with Crippen LogP contribution in [0.5, 0.6) is 0 Å². The number of piperidine rings is 1. The molecule has 2 fully saturated rings. The fourth-order valence-corrected chi connectivity index (χ4v) is 4.37. The van der Waals surface area contributed by atoms with Gasteiger partial charge in [-0.25, -0.2) is 8.78 Å². The third kappa shape index (κ3) is 4.96. The third-order valence-electron chi connectivity index (χ3n) is 5.95. The lowest BCUT2D eigenvalue weighted by Gasteiger charge is -2.41. The molecule has 1 atom stereocenters. The van der Waals surface area contributed by atoms with Crippen LogP contribution in [0, 0.1) is 17.0 Å². The molecule has 0 unspecified atom stereocenters. The number of carbonyl (C=O) groups excluding carboxylic acids is 3. The molecular formula is C22H28F2N2O4. The number of amides is 2. The maximum absolute atomic E-state index is 14.3. The number of hydrogen-bond acceptors (Lipinski definition) is 4. The van der Waals surface area contributed by atoms with Crippen LogP contribution in [0.1, 0.15) is 44.6 Å². The monoisotopic (exact) mass is 422 g/mol. The van der Waals surface area contributed by atoms with E-state index in [1.807, 2.05) is 0 Å². The molecule has 0 bridgehead atoms. The highest BCUT2D eigenvalue weighted by molar-refractivity contribution is 5.82. The lowest BCUT2D eigenvalue weighted by atomic mass is 9.74. The summed E-state index contributed by atoms with van der Waals surface area (Å²) in [5, 5.41) is 0. The first-order valence-corrected chi connectivity index (χ1v) is 10.5. The van der Waals surface area contributed by atoms with E-state index >= 15 is 0 Å². The Labute approximate surface area is 175 Å². The summed E-state index contributed by atoms with van der Waals surface area (Å²) in [4.78, 5) is 40.7. The van der Waals surface area contributed by atoms with E-state index in [-0.39, 0.29) is 43.4 Å². The van der Waals surface area contributed by atoms with Crippen molar-refractivity contribution >= 4 is 17.8 Å². The van der Waals surface area contributed by atoms with Crippen molar-refractivity contribution in [1.82, 2.24) is 9.80 Å². The molecular weight excluding hydrogens is 394 g/mol. The number of hydrogen-bond donors (Lipinski definition) is 0. The third-order valence-corrected chi connectivity index (χ3v) is 5.95. The molecule has 0 N–H and O–H groups in total. The molecule has 2 aliphatic heterocycles. The van der Waals surface area contributed by atoms with Gasteiger partial charge in [0.25, 0.3) is 0 Å². The Balaban J connectivity index is 1.74. The number of carbonyl (C=O) groups is 3. The Morgan fingerprint density at radius 3 is 2.67 bits per heavy atom. The van der Waals surface area contributed by atoms with E-state index in [4.69, 9.17) is 4.74 Å². The largest absolute Gasteiger partial charge is 0.466 e. The van der Waals surface area contributed by atoms with Crippen molar-refractivity contribution in [3.05, 3.63) is 35.4 Å². The topological polar surface area (TPSA) is 66.9 Å². The summed E-state index contributed by atoms with van der Waals surface area (Å²) in [7, 11) is 0. The molecule has 30 heavy (non-hydrogen) atoms. The maximum Gasteiger partial charge on any atom is 0.314 e. The predicted octanol–water partition coefficient (Wildman–Crippen LogP) is 2.69. The van der Waals surface area contributed by atoms with Gasteiger partial charge >= 0.3 is 5.97 Å². The average Bonchev–Trinajstić information content (AvgIpc) is 3.13. The zero-order chi connectivity index (χ0) is 21.7. The van der Waals surface area contributed by atoms with Crippen LogP contribution in [0.3, 0.4) is 0 Å². The number of esters is 1. The summed E-state index contributed by atoms with van der Waals surface area (Å²) in [6.45, 7) is 3.53. The van der Waals surface area contributed by atoms with Crippen LogP contribution in [0.25, 0.3) is 0 Å². The average molecular weight is 422 g/mol. The summed E-state index contributed by atoms with van der Waals surface area (Å²) >= 11 is 0. The summed E-state index contributed by atoms with van der Waals surface area (Å²) in [6.07, 6.45) is 2.59. The molecule has 1 aromatic carbocycles. The number of ether oxygens (including phenoxy) is 1. The van der Waals surface area contributed by atoms with Crippen LogP contribution in [-0.4, -0.2) is 60.4 Å². The van der Waals surface area contributed by atoms with E-state index in [1.165, 1.54) is 6.07 Å². The van der Waals surface area contributed by atoms with Crippen molar-refractivity contribution in [3.63, 3.8) is 0 Å². The van der Waals surface area contributed by atoms with Crippen molar-refractivity contribution in [3.8, 4) is 0 Å². The number of benzene rings is 1. The van der Waals surface area contributed by atoms with Gasteiger partial charge in [0.05, 0.1) is 12.0 Å². The van der Waals surface area contributed by atoms with Gasteiger partial charge in [0.2, 0.25) is 11.8 Å². The number of nitrogens with zero attached hydrogens (tertiary/aromatic N) is 2. The van der Waals surface area contributed by atoms with Crippen molar-refractivity contribution in [2.75, 3.05) is 32.8 Å². The second-order valence-corrected chi connectivity index (χ2v) is 8.07. The summed E-state index contributed by atoms with van der Waals surface area (Å²) in [5.74, 6) is -1.94. The van der Waals surface area contributed by atoms with Gasteiger partial charge in [-0.2, -0.15) is 0 Å². The summed E-state index contributed by atoms with van der Waals surface area (Å²) in [5.41, 5.74) is -0.854. The second kappa shape index (κ2) is 9.53. The van der Waals surface area contributed by atoms with Gasteiger partial charge in [-0.15, -0.1) is 0 Å². The molecule has 6 nitrogen and oxygen atoms in total. The molecule has 0 spiro atoms. The molecule has 2 amide bonds. The Hall–Kier alpha value is -2.51. The predicted molar refractivity (Wildman–Crippen MR) is 105 cm³/mol. The number of likely N-dealkylation sites (tertiary alicyclic amines) is 2. The van der Waals surface area contributed by atoms with Crippen LogP contribution < -0.4 is 0 Å². The van der Waals surface area contributed by atoms with E-state index in [0.29, 0.717) is 38.9 Å². The van der Waals surface area contributed by atoms with Crippen molar-refractivity contribution in [1.29, 1.82) is 0 Å². The van der Waals surface area contributed by atoms with Gasteiger partial charge in [0.15, 0.2) is 0 Å². The zero-order valence-electron chi connectivity index (χ0n) is 17.3. The van der Waals surface area contributed by atoms with Crippen molar-refractivity contribution in [2.45, 2.75) is 45.4 Å². The molecule has 0 aliphatic carbocycles. The standard InChI is InChI=1S/C22H28F2N2O4/c1-2-30-21(29)22(14-16-6-7-17(23)13-18(16)24)9-4-11-26(15-22)20(28)8-12-25-10-3-5-19(25)27/h6-7,13H,2-5,8-12,14-15H2,1H3/t22-/m1/s1. The molecule has 1 aromatic rings. The van der Waals surface area contributed by atoms with Crippen LogP contribution in [0.2, 0.25) is 0 Å². The van der Waals surface area contributed by atoms with E-state index in [1.54, 1.807) is 16.7 Å². The van der Waals surface area contributed by atoms with Gasteiger partial charge in [-0.05, 0) is 44.2 Å². The second-order valence-electron chi connectivity index (χ2n) is 8.07. The first-order chi connectivity index (χ1) is 14.3. The minimum atomic E-state index is -1.08. The Bertz CT molecular complexity index is 816. The van der Waals surface area contributed by atoms with E-state index < -0.39 is 23.0 Å². The molecule has 2 aliphatic rings. The van der Waals surface area contributed by atoms with Gasteiger partial charge in [0, 0.05) is 45.1 Å². The van der Waals surface area contributed by atoms with E-state index in [0.717, 1.165) is 18.6 Å². The SMILES string of the molecule is CCOC(=O)[C@@]1(Cc2ccc(F)cc2F)CCCN(C(=O)CCN2CCCC2=O)C1. The van der Waals surface area contributed by atoms with Crippen molar-refractivity contribution in [2.24, 2.45) is 5.41 Å². The number of halogens is 2. The molecule has 2 saturated heterocycles. The Morgan fingerprint density at radius 1 is 1.20 bits per heavy atom. The first-order valence-electron chi connectivity index (χ1n) is 10.5. The highest BCUT2D eigenvalue weighted by atomic mass is 19.1. The minimum Gasteiger partial charge on any atom is -0.466 e. The van der Waals surface area contributed by atoms with Gasteiger partial charge in [-0.3, -0.25) is 14.4 Å². The Kier molecular flexibility index (Phi) is 7.05. The van der Waals surface area contributed by atoms with Crippen LogP contribution in [0.15, 0.2) is 18.2 Å². The van der Waals surface area contributed by atoms with Gasteiger partial charge in [-0.1, -0.05) is 6.07 Å². The summed E-state index contributed by atoms with van der Waals surface area (Å²) < 4.78 is 32.9. The first kappa shape index (κ1) is 22.2. The molecule has 3 rings (SSSR count). The lowest BCUT2D eigenvalue weighted by molar-refractivity contribution is -0.160. The molecule has 0 radical (unpaired) electrons. The van der Waals surface area contributed by atoms with E-state index in [2.05, 4.69) is 0 Å². The molecule has 0 saturated carbocycles. The highest BCUT2D eigenvalue weighted by Gasteiger charge is 2.45. The smallest absolute Gasteiger partial charge is 0.314 e. The van der Waals surface area contributed by atoms with Crippen LogP contribution in [0.4, 0.5) is 8.78 Å². The quantitative estimate of drug-likeness (QED) is 0.634. The molecule has 2 heterocycles.